The van der Waals surface area contributed by atoms with Crippen molar-refractivity contribution in [2.24, 2.45) is 7.05 Å². The van der Waals surface area contributed by atoms with E-state index in [9.17, 15) is 9.59 Å². The molecule has 0 saturated heterocycles. The van der Waals surface area contributed by atoms with Crippen molar-refractivity contribution in [1.82, 2.24) is 19.3 Å². The second kappa shape index (κ2) is 8.23. The Hall–Kier alpha value is -3.26. The van der Waals surface area contributed by atoms with Gasteiger partial charge in [0.05, 0.1) is 27.7 Å². The number of aromatic nitrogens is 4. The lowest BCUT2D eigenvalue weighted by Gasteiger charge is -2.12. The van der Waals surface area contributed by atoms with Crippen LogP contribution in [0.4, 0.5) is 5.69 Å². The fraction of sp³-hybridized carbons (Fsp3) is 0.227. The zero-order valence-corrected chi connectivity index (χ0v) is 17.9. The summed E-state index contributed by atoms with van der Waals surface area (Å²) in [5, 5.41) is 3.16. The molecule has 4 aromatic rings. The van der Waals surface area contributed by atoms with Crippen LogP contribution in [0.5, 0.6) is 0 Å². The van der Waals surface area contributed by atoms with E-state index in [0.29, 0.717) is 23.0 Å². The van der Waals surface area contributed by atoms with Crippen molar-refractivity contribution in [3.05, 3.63) is 70.6 Å². The summed E-state index contributed by atoms with van der Waals surface area (Å²) in [7, 11) is 1.81. The van der Waals surface area contributed by atoms with Gasteiger partial charge in [-0.05, 0) is 37.6 Å². The number of imidazole rings is 1. The highest BCUT2D eigenvalue weighted by Crippen LogP contribution is 2.26. The van der Waals surface area contributed by atoms with Gasteiger partial charge >= 0.3 is 0 Å². The van der Waals surface area contributed by atoms with E-state index in [-0.39, 0.29) is 16.7 Å². The van der Waals surface area contributed by atoms with E-state index in [1.165, 1.54) is 11.8 Å². The highest BCUT2D eigenvalue weighted by molar-refractivity contribution is 8.00. The molecule has 8 heteroatoms. The van der Waals surface area contributed by atoms with Crippen LogP contribution in [0.3, 0.4) is 0 Å². The molecule has 4 rings (SSSR count). The zero-order valence-electron chi connectivity index (χ0n) is 17.0. The molecule has 7 nitrogen and oxygen atoms in total. The molecule has 0 radical (unpaired) electrons. The minimum absolute atomic E-state index is 0.214. The lowest BCUT2D eigenvalue weighted by molar-refractivity contribution is -0.115. The minimum atomic E-state index is -0.380. The minimum Gasteiger partial charge on any atom is -0.333 e. The fourth-order valence-electron chi connectivity index (χ4n) is 3.36. The summed E-state index contributed by atoms with van der Waals surface area (Å²) in [5.41, 5.74) is 3.28. The third kappa shape index (κ3) is 3.66. The number of nitrogens with zero attached hydrogens (tertiary/aromatic N) is 3. The van der Waals surface area contributed by atoms with Gasteiger partial charge in [0, 0.05) is 7.05 Å². The molecule has 1 atom stereocenters. The van der Waals surface area contributed by atoms with Crippen LogP contribution >= 0.6 is 11.8 Å². The highest BCUT2D eigenvalue weighted by Gasteiger charge is 2.24. The predicted molar refractivity (Wildman–Crippen MR) is 120 cm³/mol. The van der Waals surface area contributed by atoms with Crippen LogP contribution in [0.1, 0.15) is 19.0 Å². The summed E-state index contributed by atoms with van der Waals surface area (Å²) in [5.74, 6) is -0.214. The Morgan fingerprint density at radius 1 is 1.17 bits per heavy atom. The van der Waals surface area contributed by atoms with E-state index < -0.39 is 0 Å². The van der Waals surface area contributed by atoms with Crippen molar-refractivity contribution < 1.29 is 4.79 Å². The molecule has 2 aromatic carbocycles. The van der Waals surface area contributed by atoms with E-state index in [4.69, 9.17) is 0 Å². The molecular formula is C22H23N5O2S. The SMILES string of the molecule is CCC(Sc1nc2ccccc2[nH]1)C(=O)Nc1c(C)n(C)n(-c2ccccc2)c1=O. The zero-order chi connectivity index (χ0) is 21.3. The summed E-state index contributed by atoms with van der Waals surface area (Å²) in [6, 6.07) is 17.1. The summed E-state index contributed by atoms with van der Waals surface area (Å²) in [6.07, 6.45) is 0.603. The monoisotopic (exact) mass is 421 g/mol. The number of carbonyl (C=O) groups is 1. The first-order valence-electron chi connectivity index (χ1n) is 9.76. The number of benzene rings is 2. The van der Waals surface area contributed by atoms with Crippen molar-refractivity contribution in [1.29, 1.82) is 0 Å². The summed E-state index contributed by atoms with van der Waals surface area (Å²) in [4.78, 5) is 33.8. The Morgan fingerprint density at radius 2 is 1.87 bits per heavy atom. The molecule has 2 heterocycles. The van der Waals surface area contributed by atoms with E-state index in [1.807, 2.05) is 68.4 Å². The number of hydrogen-bond donors (Lipinski definition) is 2. The van der Waals surface area contributed by atoms with Crippen LogP contribution in [-0.2, 0) is 11.8 Å². The maximum absolute atomic E-state index is 13.0. The molecule has 154 valence electrons. The topological polar surface area (TPSA) is 84.7 Å². The maximum Gasteiger partial charge on any atom is 0.295 e. The Morgan fingerprint density at radius 3 is 2.57 bits per heavy atom. The molecular weight excluding hydrogens is 398 g/mol. The van der Waals surface area contributed by atoms with Crippen LogP contribution in [0.15, 0.2) is 64.5 Å². The quantitative estimate of drug-likeness (QED) is 0.463. The van der Waals surface area contributed by atoms with Gasteiger partial charge in [0.15, 0.2) is 5.16 Å². The third-order valence-electron chi connectivity index (χ3n) is 5.09. The van der Waals surface area contributed by atoms with E-state index in [2.05, 4.69) is 15.3 Å². The van der Waals surface area contributed by atoms with Crippen LogP contribution in [0, 0.1) is 6.92 Å². The lowest BCUT2D eigenvalue weighted by atomic mass is 10.3. The van der Waals surface area contributed by atoms with Crippen LogP contribution < -0.4 is 10.9 Å². The van der Waals surface area contributed by atoms with Gasteiger partial charge in [0.1, 0.15) is 5.69 Å². The summed E-state index contributed by atoms with van der Waals surface area (Å²) in [6.45, 7) is 3.77. The van der Waals surface area contributed by atoms with Crippen molar-refractivity contribution in [2.75, 3.05) is 5.32 Å². The van der Waals surface area contributed by atoms with Gasteiger partial charge in [-0.3, -0.25) is 14.3 Å². The Bertz CT molecular complexity index is 1220. The number of fused-ring (bicyclic) bond motifs is 1. The number of nitrogens with one attached hydrogen (secondary N) is 2. The molecule has 0 bridgehead atoms. The molecule has 2 N–H and O–H groups in total. The Balaban J connectivity index is 1.58. The lowest BCUT2D eigenvalue weighted by Crippen LogP contribution is -2.28. The van der Waals surface area contributed by atoms with Gasteiger partial charge in [0.25, 0.3) is 5.56 Å². The molecule has 2 aromatic heterocycles. The molecule has 0 aliphatic heterocycles. The summed E-state index contributed by atoms with van der Waals surface area (Å²) < 4.78 is 3.30. The van der Waals surface area contributed by atoms with E-state index >= 15 is 0 Å². The molecule has 0 saturated carbocycles. The average molecular weight is 422 g/mol. The van der Waals surface area contributed by atoms with Gasteiger partial charge in [0.2, 0.25) is 5.91 Å². The molecule has 1 unspecified atom stereocenters. The van der Waals surface area contributed by atoms with Crippen LogP contribution in [0.2, 0.25) is 0 Å². The second-order valence-corrected chi connectivity index (χ2v) is 8.19. The van der Waals surface area contributed by atoms with Crippen molar-refractivity contribution in [3.63, 3.8) is 0 Å². The van der Waals surface area contributed by atoms with Gasteiger partial charge in [-0.25, -0.2) is 9.67 Å². The molecule has 30 heavy (non-hydrogen) atoms. The normalized spacial score (nSPS) is 12.2. The Labute approximate surface area is 178 Å². The Kier molecular flexibility index (Phi) is 5.50. The number of carbonyl (C=O) groups excluding carboxylic acids is 1. The molecule has 0 fully saturated rings. The fourth-order valence-corrected chi connectivity index (χ4v) is 4.28. The first-order valence-corrected chi connectivity index (χ1v) is 10.6. The van der Waals surface area contributed by atoms with E-state index in [1.54, 1.807) is 16.4 Å². The number of rotatable bonds is 6. The summed E-state index contributed by atoms with van der Waals surface area (Å²) >= 11 is 1.37. The van der Waals surface area contributed by atoms with Gasteiger partial charge < -0.3 is 10.3 Å². The smallest absolute Gasteiger partial charge is 0.295 e. The third-order valence-corrected chi connectivity index (χ3v) is 6.34. The largest absolute Gasteiger partial charge is 0.333 e. The predicted octanol–water partition coefficient (Wildman–Crippen LogP) is 3.87. The van der Waals surface area contributed by atoms with Crippen molar-refractivity contribution >= 4 is 34.4 Å². The number of thioether (sulfide) groups is 1. The average Bonchev–Trinajstić information content (AvgIpc) is 3.26. The number of H-pyrrole nitrogens is 1. The van der Waals surface area contributed by atoms with Crippen LogP contribution in [-0.4, -0.2) is 30.5 Å². The van der Waals surface area contributed by atoms with Gasteiger partial charge in [-0.2, -0.15) is 0 Å². The maximum atomic E-state index is 13.0. The standard InChI is InChI=1S/C22H23N5O2S/c1-4-18(30-22-23-16-12-8-9-13-17(16)24-22)20(28)25-19-14(2)26(3)27(21(19)29)15-10-6-5-7-11-15/h5-13,18H,4H2,1-3H3,(H,23,24)(H,25,28). The first-order chi connectivity index (χ1) is 14.5. The first kappa shape index (κ1) is 20.0. The second-order valence-electron chi connectivity index (χ2n) is 7.00. The molecule has 1 amide bonds. The van der Waals surface area contributed by atoms with Crippen molar-refractivity contribution in [3.8, 4) is 5.69 Å². The molecule has 0 aliphatic rings. The molecule has 0 spiro atoms. The van der Waals surface area contributed by atoms with Crippen LogP contribution in [0.25, 0.3) is 16.7 Å². The highest BCUT2D eigenvalue weighted by atomic mass is 32.2. The number of hydrogen-bond acceptors (Lipinski definition) is 4. The number of para-hydroxylation sites is 3. The van der Waals surface area contributed by atoms with Gasteiger partial charge in [-0.1, -0.05) is 49.0 Å². The number of aromatic amines is 1. The van der Waals surface area contributed by atoms with Gasteiger partial charge in [-0.15, -0.1) is 0 Å². The number of anilines is 1. The van der Waals surface area contributed by atoms with Crippen molar-refractivity contribution in [2.45, 2.75) is 30.7 Å². The van der Waals surface area contributed by atoms with E-state index in [0.717, 1.165) is 16.7 Å². The molecule has 0 aliphatic carbocycles. The number of amides is 1.